The van der Waals surface area contributed by atoms with Crippen molar-refractivity contribution in [3.63, 3.8) is 0 Å². The molecule has 0 aromatic heterocycles. The minimum Gasteiger partial charge on any atom is -0.454 e. The molecule has 1 N–H and O–H groups in total. The monoisotopic (exact) mass is 437 g/mol. The number of halogens is 1. The summed E-state index contributed by atoms with van der Waals surface area (Å²) in [5.41, 5.74) is 0.452. The molecule has 1 aromatic rings. The summed E-state index contributed by atoms with van der Waals surface area (Å²) in [7, 11) is 0. The Morgan fingerprint density at radius 3 is 2.43 bits per heavy atom. The van der Waals surface area contributed by atoms with Crippen molar-refractivity contribution in [2.45, 2.75) is 40.3 Å². The van der Waals surface area contributed by atoms with Crippen molar-refractivity contribution in [2.75, 3.05) is 38.9 Å². The fourth-order valence-corrected chi connectivity index (χ4v) is 3.65. The van der Waals surface area contributed by atoms with E-state index in [-0.39, 0.29) is 30.4 Å². The van der Waals surface area contributed by atoms with Crippen molar-refractivity contribution >= 4 is 23.4 Å². The first-order valence-corrected chi connectivity index (χ1v) is 11.0. The molecule has 0 radical (unpaired) electrons. The van der Waals surface area contributed by atoms with E-state index < -0.39 is 11.5 Å². The van der Waals surface area contributed by atoms with Crippen LogP contribution < -0.4 is 14.8 Å². The molecule has 0 saturated carbocycles. The van der Waals surface area contributed by atoms with Crippen LogP contribution in [0.2, 0.25) is 0 Å². The van der Waals surface area contributed by atoms with E-state index in [4.69, 9.17) is 21.1 Å². The van der Waals surface area contributed by atoms with Crippen LogP contribution in [0.5, 0.6) is 11.5 Å². The number of nitrogens with one attached hydrogen (secondary N) is 1. The molecule has 7 nitrogen and oxygen atoms in total. The SMILES string of the molecule is CC(C)C(NC(=O)C(C)(C)CCl)C(=O)N1CCN(Cc2ccc3c(c2)OCO3)CC1. The van der Waals surface area contributed by atoms with E-state index >= 15 is 0 Å². The van der Waals surface area contributed by atoms with Crippen LogP contribution in [0.1, 0.15) is 33.3 Å². The molecule has 166 valence electrons. The van der Waals surface area contributed by atoms with Gasteiger partial charge in [-0.15, -0.1) is 11.6 Å². The van der Waals surface area contributed by atoms with Gasteiger partial charge in [0, 0.05) is 38.6 Å². The Balaban J connectivity index is 1.55. The molecule has 1 atom stereocenters. The lowest BCUT2D eigenvalue weighted by Crippen LogP contribution is -2.57. The summed E-state index contributed by atoms with van der Waals surface area (Å²) in [5.74, 6) is 1.57. The number of hydrogen-bond donors (Lipinski definition) is 1. The lowest BCUT2D eigenvalue weighted by molar-refractivity contribution is -0.141. The number of piperazine rings is 1. The van der Waals surface area contributed by atoms with E-state index in [1.54, 1.807) is 13.8 Å². The van der Waals surface area contributed by atoms with E-state index in [0.29, 0.717) is 13.1 Å². The summed E-state index contributed by atoms with van der Waals surface area (Å²) < 4.78 is 10.8. The number of alkyl halides is 1. The predicted octanol–water partition coefficient (Wildman–Crippen LogP) is 2.47. The number of fused-ring (bicyclic) bond motifs is 1. The Bertz CT molecular complexity index is 776. The number of carbonyl (C=O) groups excluding carboxylic acids is 2. The van der Waals surface area contributed by atoms with E-state index in [2.05, 4.69) is 10.2 Å². The average molecular weight is 438 g/mol. The van der Waals surface area contributed by atoms with Crippen molar-refractivity contribution in [1.82, 2.24) is 15.1 Å². The van der Waals surface area contributed by atoms with Crippen molar-refractivity contribution in [1.29, 1.82) is 0 Å². The molecular weight excluding hydrogens is 406 g/mol. The fraction of sp³-hybridized carbons (Fsp3) is 0.636. The number of amides is 2. The van der Waals surface area contributed by atoms with Crippen LogP contribution in [0.3, 0.4) is 0 Å². The van der Waals surface area contributed by atoms with E-state index in [1.807, 2.05) is 36.9 Å². The van der Waals surface area contributed by atoms with Crippen molar-refractivity contribution < 1.29 is 19.1 Å². The average Bonchev–Trinajstić information content (AvgIpc) is 3.19. The Hall–Kier alpha value is -1.99. The first-order chi connectivity index (χ1) is 14.2. The molecule has 3 rings (SSSR count). The number of rotatable bonds is 7. The molecule has 0 spiro atoms. The van der Waals surface area contributed by atoms with Crippen LogP contribution in [-0.4, -0.2) is 66.5 Å². The van der Waals surface area contributed by atoms with Gasteiger partial charge in [-0.25, -0.2) is 0 Å². The zero-order valence-corrected chi connectivity index (χ0v) is 19.0. The van der Waals surface area contributed by atoms with Crippen molar-refractivity contribution in [3.05, 3.63) is 23.8 Å². The molecule has 0 bridgehead atoms. The minimum atomic E-state index is -0.710. The van der Waals surface area contributed by atoms with Gasteiger partial charge >= 0.3 is 0 Å². The van der Waals surface area contributed by atoms with Crippen LogP contribution in [-0.2, 0) is 16.1 Å². The Morgan fingerprint density at radius 2 is 1.80 bits per heavy atom. The molecule has 0 aliphatic carbocycles. The number of nitrogens with zero attached hydrogens (tertiary/aromatic N) is 2. The zero-order chi connectivity index (χ0) is 21.9. The van der Waals surface area contributed by atoms with Gasteiger partial charge in [0.1, 0.15) is 6.04 Å². The third kappa shape index (κ3) is 5.19. The standard InChI is InChI=1S/C22H32ClN3O4/c1-15(2)19(24-21(28)22(3,4)13-23)20(27)26-9-7-25(8-10-26)12-16-5-6-17-18(11-16)30-14-29-17/h5-6,11,15,19H,7-10,12-14H2,1-4H3,(H,24,28). The van der Waals surface area contributed by atoms with Gasteiger partial charge in [-0.2, -0.15) is 0 Å². The van der Waals surface area contributed by atoms with Crippen LogP contribution >= 0.6 is 11.6 Å². The normalized spacial score (nSPS) is 17.9. The second kappa shape index (κ2) is 9.43. The Morgan fingerprint density at radius 1 is 1.13 bits per heavy atom. The second-order valence-electron chi connectivity index (χ2n) is 9.00. The van der Waals surface area contributed by atoms with Crippen LogP contribution in [0.4, 0.5) is 0 Å². The number of ether oxygens (including phenoxy) is 2. The maximum absolute atomic E-state index is 13.1. The number of benzene rings is 1. The predicted molar refractivity (Wildman–Crippen MR) is 116 cm³/mol. The van der Waals surface area contributed by atoms with Gasteiger partial charge in [0.2, 0.25) is 18.6 Å². The Kier molecular flexibility index (Phi) is 7.14. The number of carbonyl (C=O) groups is 2. The molecule has 2 aliphatic rings. The molecule has 2 heterocycles. The quantitative estimate of drug-likeness (QED) is 0.663. The maximum atomic E-state index is 13.1. The van der Waals surface area contributed by atoms with Gasteiger partial charge in [-0.1, -0.05) is 19.9 Å². The highest BCUT2D eigenvalue weighted by Crippen LogP contribution is 2.32. The summed E-state index contributed by atoms with van der Waals surface area (Å²) >= 11 is 5.92. The number of hydrogen-bond acceptors (Lipinski definition) is 5. The lowest BCUT2D eigenvalue weighted by Gasteiger charge is -2.38. The van der Waals surface area contributed by atoms with Gasteiger partial charge in [0.25, 0.3) is 0 Å². The molecule has 1 saturated heterocycles. The van der Waals surface area contributed by atoms with Gasteiger partial charge in [0.05, 0.1) is 5.41 Å². The lowest BCUT2D eigenvalue weighted by atomic mass is 9.93. The zero-order valence-electron chi connectivity index (χ0n) is 18.2. The minimum absolute atomic E-state index is 0.000706. The first-order valence-electron chi connectivity index (χ1n) is 10.5. The molecule has 8 heteroatoms. The second-order valence-corrected chi connectivity index (χ2v) is 9.27. The summed E-state index contributed by atoms with van der Waals surface area (Å²) in [5, 5.41) is 2.93. The van der Waals surface area contributed by atoms with Gasteiger partial charge < -0.3 is 19.7 Å². The molecular formula is C22H32ClN3O4. The highest BCUT2D eigenvalue weighted by Gasteiger charge is 2.35. The van der Waals surface area contributed by atoms with Crippen molar-refractivity contribution in [3.8, 4) is 11.5 Å². The van der Waals surface area contributed by atoms with Gasteiger partial charge in [0.15, 0.2) is 11.5 Å². The highest BCUT2D eigenvalue weighted by molar-refractivity contribution is 6.19. The smallest absolute Gasteiger partial charge is 0.245 e. The molecule has 1 aromatic carbocycles. The summed E-state index contributed by atoms with van der Waals surface area (Å²) in [6.07, 6.45) is 0. The third-order valence-electron chi connectivity index (χ3n) is 5.70. The van der Waals surface area contributed by atoms with Crippen LogP contribution in [0.15, 0.2) is 18.2 Å². The van der Waals surface area contributed by atoms with Gasteiger partial charge in [-0.3, -0.25) is 14.5 Å². The van der Waals surface area contributed by atoms with E-state index in [9.17, 15) is 9.59 Å². The van der Waals surface area contributed by atoms with Crippen molar-refractivity contribution in [2.24, 2.45) is 11.3 Å². The van der Waals surface area contributed by atoms with E-state index in [0.717, 1.165) is 36.7 Å². The third-order valence-corrected chi connectivity index (χ3v) is 6.36. The summed E-state index contributed by atoms with van der Waals surface area (Å²) in [6, 6.07) is 5.47. The Labute approximate surface area is 183 Å². The highest BCUT2D eigenvalue weighted by atomic mass is 35.5. The summed E-state index contributed by atoms with van der Waals surface area (Å²) in [4.78, 5) is 29.8. The molecule has 2 amide bonds. The van der Waals surface area contributed by atoms with Crippen LogP contribution in [0, 0.1) is 11.3 Å². The molecule has 30 heavy (non-hydrogen) atoms. The maximum Gasteiger partial charge on any atom is 0.245 e. The summed E-state index contributed by atoms with van der Waals surface area (Å²) in [6.45, 7) is 11.4. The van der Waals surface area contributed by atoms with Gasteiger partial charge in [-0.05, 0) is 37.5 Å². The van der Waals surface area contributed by atoms with Crippen LogP contribution in [0.25, 0.3) is 0 Å². The largest absolute Gasteiger partial charge is 0.454 e. The van der Waals surface area contributed by atoms with E-state index in [1.165, 1.54) is 0 Å². The molecule has 1 fully saturated rings. The molecule has 1 unspecified atom stereocenters. The fourth-order valence-electron chi connectivity index (χ4n) is 3.53. The molecule has 2 aliphatic heterocycles. The topological polar surface area (TPSA) is 71.1 Å². The first kappa shape index (κ1) is 22.7.